The monoisotopic (exact) mass is 430 g/mol. The molecule has 0 aliphatic rings. The van der Waals surface area contributed by atoms with Gasteiger partial charge in [-0.2, -0.15) is 0 Å². The molecular formula is C19H18N4O4S2. The van der Waals surface area contributed by atoms with Crippen molar-refractivity contribution in [2.75, 3.05) is 5.84 Å². The Kier molecular flexibility index (Phi) is 5.95. The molecule has 0 spiro atoms. The minimum atomic E-state index is -3.94. The predicted octanol–water partition coefficient (Wildman–Crippen LogP) is 2.02. The van der Waals surface area contributed by atoms with Gasteiger partial charge in [-0.1, -0.05) is 54.6 Å². The maximum Gasteiger partial charge on any atom is 0.200 e. The minimum Gasteiger partial charge on any atom is -0.336 e. The molecule has 150 valence electrons. The Morgan fingerprint density at radius 2 is 1.45 bits per heavy atom. The molecule has 0 saturated heterocycles. The van der Waals surface area contributed by atoms with Crippen LogP contribution in [-0.2, 0) is 25.4 Å². The molecule has 2 N–H and O–H groups in total. The number of benzene rings is 2. The fourth-order valence-electron chi connectivity index (χ4n) is 2.36. The van der Waals surface area contributed by atoms with Gasteiger partial charge in [0, 0.05) is 10.8 Å². The van der Waals surface area contributed by atoms with E-state index in [2.05, 4.69) is 10.2 Å². The third kappa shape index (κ3) is 5.39. The van der Waals surface area contributed by atoms with Gasteiger partial charge in [0.1, 0.15) is 5.75 Å². The van der Waals surface area contributed by atoms with E-state index >= 15 is 0 Å². The number of aromatic nitrogens is 3. The van der Waals surface area contributed by atoms with Gasteiger partial charge in [0.2, 0.25) is 9.84 Å². The summed E-state index contributed by atoms with van der Waals surface area (Å²) in [6, 6.07) is 16.9. The number of hydrogen-bond donors (Lipinski definition) is 1. The molecule has 3 aromatic rings. The van der Waals surface area contributed by atoms with Crippen LogP contribution < -0.4 is 5.84 Å². The normalized spacial score (nSPS) is 12.7. The lowest BCUT2D eigenvalue weighted by molar-refractivity contribution is 0.598. The van der Waals surface area contributed by atoms with Crippen molar-refractivity contribution in [3.05, 3.63) is 88.7 Å². The first-order valence-electron chi connectivity index (χ1n) is 8.40. The van der Waals surface area contributed by atoms with Crippen LogP contribution in [0.15, 0.2) is 76.4 Å². The summed E-state index contributed by atoms with van der Waals surface area (Å²) in [5.74, 6) is 5.54. The highest BCUT2D eigenvalue weighted by Crippen LogP contribution is 2.14. The lowest BCUT2D eigenvalue weighted by atomic mass is 10.2. The van der Waals surface area contributed by atoms with Gasteiger partial charge in [0.05, 0.1) is 4.90 Å². The topological polar surface area (TPSA) is 125 Å². The van der Waals surface area contributed by atoms with Crippen LogP contribution >= 0.6 is 0 Å². The number of nitrogens with zero attached hydrogens (tertiary/aromatic N) is 3. The Morgan fingerprint density at radius 3 is 2.10 bits per heavy atom. The summed E-state index contributed by atoms with van der Waals surface area (Å²) < 4.78 is 50.1. The molecule has 0 aliphatic carbocycles. The molecule has 0 unspecified atom stereocenters. The Labute approximate surface area is 168 Å². The molecule has 3 rings (SSSR count). The van der Waals surface area contributed by atoms with Gasteiger partial charge in [-0.15, -0.1) is 10.2 Å². The highest BCUT2D eigenvalue weighted by Gasteiger charge is 2.17. The van der Waals surface area contributed by atoms with Crippen LogP contribution in [0.25, 0.3) is 12.2 Å². The maximum absolute atomic E-state index is 12.3. The van der Waals surface area contributed by atoms with Crippen LogP contribution in [0.2, 0.25) is 0 Å². The standard InChI is InChI=1S/C19H18N4O4S2/c20-23-18(12-11-16-7-3-1-4-8-16)21-22-19(23)15-28(24,25)13-14-29(26,27)17-9-5-2-6-10-17/h1-14H,15,20H2. The molecule has 8 nitrogen and oxygen atoms in total. The lowest BCUT2D eigenvalue weighted by Crippen LogP contribution is -2.17. The molecule has 0 aliphatic heterocycles. The molecule has 29 heavy (non-hydrogen) atoms. The van der Waals surface area contributed by atoms with Crippen molar-refractivity contribution in [2.24, 2.45) is 0 Å². The molecule has 0 fully saturated rings. The molecule has 0 bridgehead atoms. The first kappa shape index (κ1) is 20.5. The third-order valence-electron chi connectivity index (χ3n) is 3.86. The van der Waals surface area contributed by atoms with E-state index in [9.17, 15) is 16.8 Å². The average Bonchev–Trinajstić information content (AvgIpc) is 3.05. The molecular weight excluding hydrogens is 412 g/mol. The summed E-state index contributed by atoms with van der Waals surface area (Å²) in [6.45, 7) is 0. The van der Waals surface area contributed by atoms with E-state index in [1.807, 2.05) is 30.3 Å². The maximum atomic E-state index is 12.3. The van der Waals surface area contributed by atoms with Gasteiger partial charge in [-0.3, -0.25) is 0 Å². The Morgan fingerprint density at radius 1 is 0.828 bits per heavy atom. The van der Waals surface area contributed by atoms with Crippen LogP contribution in [0.5, 0.6) is 0 Å². The van der Waals surface area contributed by atoms with Crippen LogP contribution in [0, 0.1) is 0 Å². The Bertz CT molecular complexity index is 1250. The lowest BCUT2D eigenvalue weighted by Gasteiger charge is -2.01. The number of sulfone groups is 2. The first-order valence-corrected chi connectivity index (χ1v) is 11.7. The Balaban J connectivity index is 1.76. The highest BCUT2D eigenvalue weighted by atomic mass is 32.2. The molecule has 1 heterocycles. The van der Waals surface area contributed by atoms with Gasteiger partial charge in [-0.25, -0.2) is 21.5 Å². The second kappa shape index (κ2) is 8.41. The summed E-state index contributed by atoms with van der Waals surface area (Å²) in [7, 11) is -7.81. The quantitative estimate of drug-likeness (QED) is 0.568. The summed E-state index contributed by atoms with van der Waals surface area (Å²) in [6.07, 6.45) is 3.37. The molecule has 0 atom stereocenters. The minimum absolute atomic E-state index is 0.00165. The molecule has 2 aromatic carbocycles. The van der Waals surface area contributed by atoms with Crippen molar-refractivity contribution in [3.8, 4) is 0 Å². The number of nitrogens with two attached hydrogens (primary N) is 1. The molecule has 0 saturated carbocycles. The van der Waals surface area contributed by atoms with Crippen LogP contribution in [0.1, 0.15) is 17.2 Å². The van der Waals surface area contributed by atoms with Gasteiger partial charge < -0.3 is 5.84 Å². The SMILES string of the molecule is Nn1c(C=Cc2ccccc2)nnc1CS(=O)(=O)C=CS(=O)(=O)c1ccccc1. The molecule has 10 heteroatoms. The van der Waals surface area contributed by atoms with E-state index in [0.29, 0.717) is 10.8 Å². The summed E-state index contributed by atoms with van der Waals surface area (Å²) in [5.41, 5.74) is 0.915. The van der Waals surface area contributed by atoms with E-state index in [-0.39, 0.29) is 16.5 Å². The number of rotatable bonds is 7. The summed E-state index contributed by atoms with van der Waals surface area (Å²) in [4.78, 5) is 0.00165. The predicted molar refractivity (Wildman–Crippen MR) is 111 cm³/mol. The van der Waals surface area contributed by atoms with Gasteiger partial charge >= 0.3 is 0 Å². The smallest absolute Gasteiger partial charge is 0.200 e. The van der Waals surface area contributed by atoms with E-state index in [1.54, 1.807) is 30.4 Å². The third-order valence-corrected chi connectivity index (χ3v) is 6.67. The average molecular weight is 431 g/mol. The van der Waals surface area contributed by atoms with Crippen molar-refractivity contribution in [3.63, 3.8) is 0 Å². The number of hydrogen-bond acceptors (Lipinski definition) is 7. The zero-order valence-electron chi connectivity index (χ0n) is 15.2. The Hall–Kier alpha value is -3.24. The summed E-state index contributed by atoms with van der Waals surface area (Å²) >= 11 is 0. The fraction of sp³-hybridized carbons (Fsp3) is 0.0526. The van der Waals surface area contributed by atoms with Crippen LogP contribution in [0.4, 0.5) is 0 Å². The van der Waals surface area contributed by atoms with E-state index in [0.717, 1.165) is 10.2 Å². The largest absolute Gasteiger partial charge is 0.336 e. The van der Waals surface area contributed by atoms with Crippen molar-refractivity contribution < 1.29 is 16.8 Å². The summed E-state index contributed by atoms with van der Waals surface area (Å²) in [5, 5.41) is 8.96. The van der Waals surface area contributed by atoms with Crippen LogP contribution in [-0.4, -0.2) is 31.7 Å². The van der Waals surface area contributed by atoms with E-state index < -0.39 is 25.4 Å². The highest BCUT2D eigenvalue weighted by molar-refractivity contribution is 7.97. The number of nitrogen functional groups attached to an aromatic ring is 1. The molecule has 1 aromatic heterocycles. The zero-order chi connectivity index (χ0) is 20.9. The van der Waals surface area contributed by atoms with E-state index in [4.69, 9.17) is 5.84 Å². The zero-order valence-corrected chi connectivity index (χ0v) is 16.8. The van der Waals surface area contributed by atoms with Gasteiger partial charge in [0.25, 0.3) is 0 Å². The van der Waals surface area contributed by atoms with Gasteiger partial charge in [0.15, 0.2) is 21.5 Å². The molecule has 0 amide bonds. The van der Waals surface area contributed by atoms with Crippen LogP contribution in [0.3, 0.4) is 0 Å². The second-order valence-electron chi connectivity index (χ2n) is 6.03. The van der Waals surface area contributed by atoms with Crippen molar-refractivity contribution >= 4 is 31.8 Å². The fourth-order valence-corrected chi connectivity index (χ4v) is 4.97. The van der Waals surface area contributed by atoms with Gasteiger partial charge in [-0.05, 0) is 23.8 Å². The molecule has 0 radical (unpaired) electrons. The van der Waals surface area contributed by atoms with Crippen molar-refractivity contribution in [1.82, 2.24) is 14.9 Å². The van der Waals surface area contributed by atoms with E-state index in [1.165, 1.54) is 12.1 Å². The second-order valence-corrected chi connectivity index (χ2v) is 9.75. The van der Waals surface area contributed by atoms with Crippen molar-refractivity contribution in [1.29, 1.82) is 0 Å². The van der Waals surface area contributed by atoms with Crippen molar-refractivity contribution in [2.45, 2.75) is 10.6 Å². The first-order chi connectivity index (χ1) is 13.8.